The normalized spacial score (nSPS) is 12.8. The number of carbonyl (C=O) groups excluding carboxylic acids is 3. The van der Waals surface area contributed by atoms with Crippen LogP contribution in [-0.4, -0.2) is 24.4 Å². The number of nitrogens with one attached hydrogen (secondary N) is 1. The minimum Gasteiger partial charge on any atom is -0.452 e. The molecule has 0 aliphatic heterocycles. The molecule has 0 fully saturated rings. The highest BCUT2D eigenvalue weighted by atomic mass is 35.5. The van der Waals surface area contributed by atoms with Crippen molar-refractivity contribution in [3.05, 3.63) is 56.4 Å². The number of carbonyl (C=O) groups is 3. The number of halogens is 1. The Balaban J connectivity index is 1.56. The third kappa shape index (κ3) is 4.61. The Kier molecular flexibility index (Phi) is 6.16. The zero-order chi connectivity index (χ0) is 20.3. The molecule has 2 aromatic rings. The van der Waals surface area contributed by atoms with Crippen molar-refractivity contribution in [1.29, 1.82) is 0 Å². The molecule has 0 spiro atoms. The molecule has 0 saturated heterocycles. The number of benzene rings is 1. The van der Waals surface area contributed by atoms with Gasteiger partial charge in [0.15, 0.2) is 6.61 Å². The molecule has 3 N–H and O–H groups in total. The SMILES string of the molecule is Cc1ccc(/C=C/C(=O)OCC(=O)Nc2sc3c(c2C(N)=O)CCC3)cc1Cl. The molecule has 8 heteroatoms. The van der Waals surface area contributed by atoms with Crippen LogP contribution in [0.1, 0.15) is 38.3 Å². The number of primary amides is 1. The number of hydrogen-bond donors (Lipinski definition) is 2. The van der Waals surface area contributed by atoms with Crippen LogP contribution < -0.4 is 11.1 Å². The molecule has 1 aromatic carbocycles. The standard InChI is InChI=1S/C20H19ClN2O4S/c1-11-5-6-12(9-14(11)21)7-8-17(25)27-10-16(24)23-20-18(19(22)26)13-3-2-4-15(13)28-20/h5-9H,2-4,10H2,1H3,(H2,22,26)(H,23,24)/b8-7+. The Morgan fingerprint density at radius 2 is 2.11 bits per heavy atom. The lowest BCUT2D eigenvalue weighted by atomic mass is 10.1. The summed E-state index contributed by atoms with van der Waals surface area (Å²) in [6, 6.07) is 5.39. The number of anilines is 1. The van der Waals surface area contributed by atoms with E-state index in [1.807, 2.05) is 19.1 Å². The lowest BCUT2D eigenvalue weighted by Crippen LogP contribution is -2.22. The minimum absolute atomic E-state index is 0.369. The van der Waals surface area contributed by atoms with Gasteiger partial charge in [-0.05, 0) is 55.0 Å². The fourth-order valence-electron chi connectivity index (χ4n) is 2.98. The highest BCUT2D eigenvalue weighted by Crippen LogP contribution is 2.38. The van der Waals surface area contributed by atoms with Crippen molar-refractivity contribution in [3.8, 4) is 0 Å². The molecule has 0 saturated carbocycles. The lowest BCUT2D eigenvalue weighted by Gasteiger charge is -2.06. The predicted octanol–water partition coefficient (Wildman–Crippen LogP) is 3.49. The molecular weight excluding hydrogens is 400 g/mol. The maximum atomic E-state index is 12.1. The van der Waals surface area contributed by atoms with Gasteiger partial charge in [-0.15, -0.1) is 11.3 Å². The van der Waals surface area contributed by atoms with Crippen molar-refractivity contribution in [3.63, 3.8) is 0 Å². The van der Waals surface area contributed by atoms with Crippen molar-refractivity contribution in [1.82, 2.24) is 0 Å². The van der Waals surface area contributed by atoms with E-state index in [0.29, 0.717) is 15.6 Å². The third-order valence-electron chi connectivity index (χ3n) is 4.37. The second-order valence-electron chi connectivity index (χ2n) is 6.42. The summed E-state index contributed by atoms with van der Waals surface area (Å²) in [5, 5.41) is 3.64. The molecule has 1 aromatic heterocycles. The smallest absolute Gasteiger partial charge is 0.331 e. The van der Waals surface area contributed by atoms with E-state index >= 15 is 0 Å². The Labute approximate surface area is 171 Å². The Morgan fingerprint density at radius 3 is 2.82 bits per heavy atom. The van der Waals surface area contributed by atoms with Gasteiger partial charge in [0.1, 0.15) is 5.00 Å². The van der Waals surface area contributed by atoms with Gasteiger partial charge in [-0.25, -0.2) is 4.79 Å². The van der Waals surface area contributed by atoms with Crippen LogP contribution in [0.15, 0.2) is 24.3 Å². The number of nitrogens with two attached hydrogens (primary N) is 1. The first-order chi connectivity index (χ1) is 13.3. The molecule has 28 heavy (non-hydrogen) atoms. The molecule has 2 amide bonds. The molecule has 3 rings (SSSR count). The fourth-order valence-corrected chi connectivity index (χ4v) is 4.48. The Bertz CT molecular complexity index is 981. The monoisotopic (exact) mass is 418 g/mol. The number of rotatable bonds is 6. The first-order valence-corrected chi connectivity index (χ1v) is 9.89. The molecule has 6 nitrogen and oxygen atoms in total. The van der Waals surface area contributed by atoms with Gasteiger partial charge in [0.05, 0.1) is 5.56 Å². The molecule has 1 aliphatic carbocycles. The van der Waals surface area contributed by atoms with Gasteiger partial charge in [-0.1, -0.05) is 23.7 Å². The second-order valence-corrected chi connectivity index (χ2v) is 7.94. The van der Waals surface area contributed by atoms with Crippen LogP contribution in [-0.2, 0) is 27.2 Å². The number of aryl methyl sites for hydroxylation is 2. The molecule has 0 bridgehead atoms. The molecule has 0 radical (unpaired) electrons. The molecule has 1 aliphatic rings. The van der Waals surface area contributed by atoms with Gasteiger partial charge in [-0.2, -0.15) is 0 Å². The van der Waals surface area contributed by atoms with Gasteiger partial charge in [0.25, 0.3) is 11.8 Å². The van der Waals surface area contributed by atoms with E-state index < -0.39 is 24.4 Å². The summed E-state index contributed by atoms with van der Waals surface area (Å²) in [7, 11) is 0. The number of fused-ring (bicyclic) bond motifs is 1. The largest absolute Gasteiger partial charge is 0.452 e. The maximum absolute atomic E-state index is 12.1. The van der Waals surface area contributed by atoms with Crippen LogP contribution in [0.5, 0.6) is 0 Å². The van der Waals surface area contributed by atoms with Crippen LogP contribution >= 0.6 is 22.9 Å². The van der Waals surface area contributed by atoms with Crippen molar-refractivity contribution in [2.75, 3.05) is 11.9 Å². The highest BCUT2D eigenvalue weighted by Gasteiger charge is 2.26. The first-order valence-electron chi connectivity index (χ1n) is 8.70. The van der Waals surface area contributed by atoms with Crippen LogP contribution in [0.3, 0.4) is 0 Å². The number of amides is 2. The number of thiophene rings is 1. The zero-order valence-corrected chi connectivity index (χ0v) is 16.8. The van der Waals surface area contributed by atoms with Gasteiger partial charge >= 0.3 is 5.97 Å². The number of esters is 1. The van der Waals surface area contributed by atoms with E-state index in [1.165, 1.54) is 17.4 Å². The maximum Gasteiger partial charge on any atom is 0.331 e. The third-order valence-corrected chi connectivity index (χ3v) is 5.99. The predicted molar refractivity (Wildman–Crippen MR) is 110 cm³/mol. The lowest BCUT2D eigenvalue weighted by molar-refractivity contribution is -0.142. The van der Waals surface area contributed by atoms with E-state index in [-0.39, 0.29) is 0 Å². The van der Waals surface area contributed by atoms with Crippen LogP contribution in [0, 0.1) is 6.92 Å². The summed E-state index contributed by atoms with van der Waals surface area (Å²) in [4.78, 5) is 36.7. The summed E-state index contributed by atoms with van der Waals surface area (Å²) in [5.41, 5.74) is 8.43. The zero-order valence-electron chi connectivity index (χ0n) is 15.2. The fraction of sp³-hybridized carbons (Fsp3) is 0.250. The van der Waals surface area contributed by atoms with Gasteiger partial charge in [0.2, 0.25) is 0 Å². The van der Waals surface area contributed by atoms with Crippen LogP contribution in [0.25, 0.3) is 6.08 Å². The topological polar surface area (TPSA) is 98.5 Å². The summed E-state index contributed by atoms with van der Waals surface area (Å²) in [6.45, 7) is 1.42. The van der Waals surface area contributed by atoms with Crippen molar-refractivity contribution in [2.45, 2.75) is 26.2 Å². The second kappa shape index (κ2) is 8.58. The van der Waals surface area contributed by atoms with E-state index in [1.54, 1.807) is 12.1 Å². The Morgan fingerprint density at radius 1 is 1.32 bits per heavy atom. The molecule has 1 heterocycles. The Hall–Kier alpha value is -2.64. The summed E-state index contributed by atoms with van der Waals surface area (Å²) >= 11 is 7.39. The van der Waals surface area contributed by atoms with Gasteiger partial charge < -0.3 is 15.8 Å². The molecule has 146 valence electrons. The van der Waals surface area contributed by atoms with E-state index in [2.05, 4.69) is 5.32 Å². The molecule has 0 unspecified atom stereocenters. The van der Waals surface area contributed by atoms with Gasteiger partial charge in [0, 0.05) is 16.0 Å². The minimum atomic E-state index is -0.657. The van der Waals surface area contributed by atoms with Crippen molar-refractivity contribution < 1.29 is 19.1 Å². The van der Waals surface area contributed by atoms with E-state index in [4.69, 9.17) is 22.1 Å². The summed E-state index contributed by atoms with van der Waals surface area (Å²) in [6.07, 6.45) is 5.41. The van der Waals surface area contributed by atoms with Crippen LogP contribution in [0.4, 0.5) is 5.00 Å². The van der Waals surface area contributed by atoms with E-state index in [9.17, 15) is 14.4 Å². The van der Waals surface area contributed by atoms with Crippen molar-refractivity contribution >= 4 is 51.8 Å². The molecule has 0 atom stereocenters. The average Bonchev–Trinajstić information content (AvgIpc) is 3.21. The number of ether oxygens (including phenoxy) is 1. The van der Waals surface area contributed by atoms with Crippen LogP contribution in [0.2, 0.25) is 5.02 Å². The summed E-state index contributed by atoms with van der Waals surface area (Å²) < 4.78 is 4.95. The molecular formula is C20H19ClN2O4S. The number of hydrogen-bond acceptors (Lipinski definition) is 5. The first kappa shape index (κ1) is 20.1. The average molecular weight is 419 g/mol. The quantitative estimate of drug-likeness (QED) is 0.554. The van der Waals surface area contributed by atoms with E-state index in [0.717, 1.165) is 40.8 Å². The van der Waals surface area contributed by atoms with Crippen molar-refractivity contribution in [2.24, 2.45) is 5.73 Å². The summed E-state index contributed by atoms with van der Waals surface area (Å²) in [5.74, 6) is -1.75. The van der Waals surface area contributed by atoms with Gasteiger partial charge in [-0.3, -0.25) is 9.59 Å². The highest BCUT2D eigenvalue weighted by molar-refractivity contribution is 7.17.